The van der Waals surface area contributed by atoms with E-state index in [1.165, 1.54) is 17.7 Å². The second-order valence-corrected chi connectivity index (χ2v) is 4.73. The van der Waals surface area contributed by atoms with Crippen molar-refractivity contribution in [2.45, 2.75) is 26.3 Å². The lowest BCUT2D eigenvalue weighted by atomic mass is 10.3. The monoisotopic (exact) mass is 269 g/mol. The van der Waals surface area contributed by atoms with Gasteiger partial charge < -0.3 is 5.11 Å². The van der Waals surface area contributed by atoms with Crippen LogP contribution in [-0.4, -0.2) is 38.8 Å². The van der Waals surface area contributed by atoms with Gasteiger partial charge in [0.05, 0.1) is 6.61 Å². The molecule has 0 bridgehead atoms. The van der Waals surface area contributed by atoms with Crippen molar-refractivity contribution in [3.8, 4) is 0 Å². The summed E-state index contributed by atoms with van der Waals surface area (Å²) in [6, 6.07) is 1.48. The van der Waals surface area contributed by atoms with Crippen LogP contribution in [0.3, 0.4) is 0 Å². The highest BCUT2D eigenvalue weighted by Crippen LogP contribution is 2.02. The Kier molecular flexibility index (Phi) is 5.98. The maximum absolute atomic E-state index is 11.8. The van der Waals surface area contributed by atoms with Gasteiger partial charge in [0, 0.05) is 38.9 Å². The SMILES string of the molecule is CCCCN(CCO)Cc1cc(=O)n(C)c(=O)n1C. The van der Waals surface area contributed by atoms with Gasteiger partial charge in [-0.1, -0.05) is 13.3 Å². The number of aliphatic hydroxyl groups excluding tert-OH is 1. The minimum Gasteiger partial charge on any atom is -0.395 e. The van der Waals surface area contributed by atoms with Gasteiger partial charge in [-0.05, 0) is 13.0 Å². The lowest BCUT2D eigenvalue weighted by molar-refractivity contribution is 0.185. The van der Waals surface area contributed by atoms with Crippen LogP contribution in [0.2, 0.25) is 0 Å². The molecule has 1 aromatic heterocycles. The molecule has 19 heavy (non-hydrogen) atoms. The predicted molar refractivity (Wildman–Crippen MR) is 74.2 cm³/mol. The number of hydrogen-bond donors (Lipinski definition) is 1. The Morgan fingerprint density at radius 3 is 2.47 bits per heavy atom. The van der Waals surface area contributed by atoms with Crippen LogP contribution >= 0.6 is 0 Å². The van der Waals surface area contributed by atoms with E-state index in [0.29, 0.717) is 18.8 Å². The van der Waals surface area contributed by atoms with Crippen LogP contribution in [0.15, 0.2) is 15.7 Å². The van der Waals surface area contributed by atoms with E-state index in [1.54, 1.807) is 7.05 Å². The summed E-state index contributed by atoms with van der Waals surface area (Å²) in [6.45, 7) is 4.07. The molecule has 0 fully saturated rings. The van der Waals surface area contributed by atoms with Crippen LogP contribution < -0.4 is 11.2 Å². The zero-order chi connectivity index (χ0) is 14.4. The van der Waals surface area contributed by atoms with Crippen molar-refractivity contribution in [2.75, 3.05) is 19.7 Å². The average molecular weight is 269 g/mol. The molecule has 0 amide bonds. The first-order chi connectivity index (χ1) is 9.01. The van der Waals surface area contributed by atoms with Crippen molar-refractivity contribution in [3.63, 3.8) is 0 Å². The molecule has 0 aliphatic rings. The zero-order valence-electron chi connectivity index (χ0n) is 11.9. The molecule has 0 aromatic carbocycles. The molecule has 6 nitrogen and oxygen atoms in total. The van der Waals surface area contributed by atoms with Crippen LogP contribution in [0.25, 0.3) is 0 Å². The second kappa shape index (κ2) is 7.25. The van der Waals surface area contributed by atoms with E-state index in [0.717, 1.165) is 24.0 Å². The van der Waals surface area contributed by atoms with E-state index >= 15 is 0 Å². The topological polar surface area (TPSA) is 67.5 Å². The molecule has 0 aliphatic carbocycles. The molecular formula is C13H23N3O3. The van der Waals surface area contributed by atoms with Crippen LogP contribution in [0, 0.1) is 0 Å². The Morgan fingerprint density at radius 2 is 1.89 bits per heavy atom. The fraction of sp³-hybridized carbons (Fsp3) is 0.692. The van der Waals surface area contributed by atoms with Crippen LogP contribution in [0.4, 0.5) is 0 Å². The highest BCUT2D eigenvalue weighted by molar-refractivity contribution is 5.02. The van der Waals surface area contributed by atoms with Crippen molar-refractivity contribution >= 4 is 0 Å². The van der Waals surface area contributed by atoms with Gasteiger partial charge >= 0.3 is 5.69 Å². The third-order valence-corrected chi connectivity index (χ3v) is 3.26. The highest BCUT2D eigenvalue weighted by atomic mass is 16.3. The number of aliphatic hydroxyl groups is 1. The maximum atomic E-state index is 11.8. The summed E-state index contributed by atoms with van der Waals surface area (Å²) < 4.78 is 2.57. The lowest BCUT2D eigenvalue weighted by Crippen LogP contribution is -2.40. The second-order valence-electron chi connectivity index (χ2n) is 4.73. The molecular weight excluding hydrogens is 246 g/mol. The number of nitrogens with zero attached hydrogens (tertiary/aromatic N) is 3. The van der Waals surface area contributed by atoms with E-state index < -0.39 is 0 Å². The maximum Gasteiger partial charge on any atom is 0.330 e. The summed E-state index contributed by atoms with van der Waals surface area (Å²) in [4.78, 5) is 25.5. The first-order valence-electron chi connectivity index (χ1n) is 6.60. The normalized spacial score (nSPS) is 11.2. The Morgan fingerprint density at radius 1 is 1.21 bits per heavy atom. The van der Waals surface area contributed by atoms with Crippen molar-refractivity contribution in [2.24, 2.45) is 14.1 Å². The minimum absolute atomic E-state index is 0.0719. The van der Waals surface area contributed by atoms with E-state index in [1.807, 2.05) is 0 Å². The fourth-order valence-corrected chi connectivity index (χ4v) is 1.95. The summed E-state index contributed by atoms with van der Waals surface area (Å²) in [5, 5.41) is 9.06. The molecule has 6 heteroatoms. The summed E-state index contributed by atoms with van der Waals surface area (Å²) in [5.41, 5.74) is 0.0668. The number of aromatic nitrogens is 2. The molecule has 0 spiro atoms. The van der Waals surface area contributed by atoms with Crippen LogP contribution in [-0.2, 0) is 20.6 Å². The zero-order valence-corrected chi connectivity index (χ0v) is 11.9. The van der Waals surface area contributed by atoms with Gasteiger partial charge in [-0.3, -0.25) is 18.8 Å². The van der Waals surface area contributed by atoms with E-state index in [9.17, 15) is 9.59 Å². The van der Waals surface area contributed by atoms with Gasteiger partial charge in [-0.25, -0.2) is 4.79 Å². The molecule has 0 radical (unpaired) electrons. The van der Waals surface area contributed by atoms with E-state index in [4.69, 9.17) is 5.11 Å². The van der Waals surface area contributed by atoms with Crippen molar-refractivity contribution in [1.82, 2.24) is 14.0 Å². The number of hydrogen-bond acceptors (Lipinski definition) is 4. The van der Waals surface area contributed by atoms with Gasteiger partial charge in [0.2, 0.25) is 0 Å². The molecule has 1 heterocycles. The Balaban J connectivity index is 2.96. The summed E-state index contributed by atoms with van der Waals surface area (Å²) >= 11 is 0. The molecule has 0 unspecified atom stereocenters. The average Bonchev–Trinajstić information content (AvgIpc) is 2.39. The molecule has 108 valence electrons. The van der Waals surface area contributed by atoms with Gasteiger partial charge in [-0.2, -0.15) is 0 Å². The number of rotatable bonds is 7. The first-order valence-corrected chi connectivity index (χ1v) is 6.60. The highest BCUT2D eigenvalue weighted by Gasteiger charge is 2.10. The molecule has 0 saturated heterocycles. The fourth-order valence-electron chi connectivity index (χ4n) is 1.95. The smallest absolute Gasteiger partial charge is 0.330 e. The van der Waals surface area contributed by atoms with Gasteiger partial charge in [0.15, 0.2) is 0 Å². The van der Waals surface area contributed by atoms with Crippen molar-refractivity contribution in [1.29, 1.82) is 0 Å². The summed E-state index contributed by atoms with van der Waals surface area (Å²) in [6.07, 6.45) is 2.09. The predicted octanol–water partition coefficient (Wildman–Crippen LogP) is -0.322. The molecule has 0 aliphatic heterocycles. The quantitative estimate of drug-likeness (QED) is 0.736. The Hall–Kier alpha value is -1.40. The lowest BCUT2D eigenvalue weighted by Gasteiger charge is -2.22. The van der Waals surface area contributed by atoms with Gasteiger partial charge in [0.25, 0.3) is 5.56 Å². The minimum atomic E-state index is -0.318. The third kappa shape index (κ3) is 4.04. The van der Waals surface area contributed by atoms with E-state index in [2.05, 4.69) is 11.8 Å². The van der Waals surface area contributed by atoms with Crippen molar-refractivity contribution < 1.29 is 5.11 Å². The summed E-state index contributed by atoms with van der Waals surface area (Å²) in [5.74, 6) is 0. The van der Waals surface area contributed by atoms with E-state index in [-0.39, 0.29) is 17.9 Å². The Labute approximate surface area is 112 Å². The standard InChI is InChI=1S/C13H23N3O3/c1-4-5-6-16(7-8-17)10-11-9-12(18)15(3)13(19)14(11)2/h9,17H,4-8,10H2,1-3H3. The summed E-state index contributed by atoms with van der Waals surface area (Å²) in [7, 11) is 3.13. The molecule has 1 aromatic rings. The molecule has 0 saturated carbocycles. The van der Waals surface area contributed by atoms with Gasteiger partial charge in [0.1, 0.15) is 0 Å². The number of unbranched alkanes of at least 4 members (excludes halogenated alkanes) is 1. The van der Waals surface area contributed by atoms with Crippen LogP contribution in [0.5, 0.6) is 0 Å². The largest absolute Gasteiger partial charge is 0.395 e. The molecule has 1 rings (SSSR count). The molecule has 0 atom stereocenters. The van der Waals surface area contributed by atoms with Crippen molar-refractivity contribution in [3.05, 3.63) is 32.6 Å². The Bertz CT molecular complexity index is 519. The van der Waals surface area contributed by atoms with Crippen LogP contribution in [0.1, 0.15) is 25.5 Å². The first kappa shape index (κ1) is 15.7. The molecule has 1 N–H and O–H groups in total. The van der Waals surface area contributed by atoms with Gasteiger partial charge in [-0.15, -0.1) is 0 Å². The third-order valence-electron chi connectivity index (χ3n) is 3.26.